The molecule has 0 amide bonds. The summed E-state index contributed by atoms with van der Waals surface area (Å²) in [7, 11) is 0. The van der Waals surface area contributed by atoms with Crippen LogP contribution in [0.5, 0.6) is 0 Å². The van der Waals surface area contributed by atoms with Crippen molar-refractivity contribution in [1.82, 2.24) is 4.90 Å². The van der Waals surface area contributed by atoms with Gasteiger partial charge in [-0.3, -0.25) is 5.41 Å². The maximum atomic E-state index is 7.89. The SMILES string of the molecule is N=C1CCCCN1CCC1CCCCC1. The predicted octanol–water partition coefficient (Wildman–Crippen LogP) is 3.42. The summed E-state index contributed by atoms with van der Waals surface area (Å²) in [5, 5.41) is 7.89. The molecule has 2 heteroatoms. The van der Waals surface area contributed by atoms with Crippen LogP contribution in [0.15, 0.2) is 0 Å². The van der Waals surface area contributed by atoms with Crippen molar-refractivity contribution in [1.29, 1.82) is 5.41 Å². The molecule has 15 heavy (non-hydrogen) atoms. The molecule has 0 aromatic heterocycles. The van der Waals surface area contributed by atoms with Gasteiger partial charge in [-0.15, -0.1) is 0 Å². The van der Waals surface area contributed by atoms with Gasteiger partial charge in [-0.1, -0.05) is 32.1 Å². The van der Waals surface area contributed by atoms with Crippen LogP contribution in [0.3, 0.4) is 0 Å². The molecule has 2 aliphatic rings. The lowest BCUT2D eigenvalue weighted by molar-refractivity contribution is 0.284. The molecule has 0 atom stereocenters. The Kier molecular flexibility index (Phi) is 4.04. The first-order chi connectivity index (χ1) is 7.36. The maximum Gasteiger partial charge on any atom is 0.0957 e. The first-order valence-electron chi connectivity index (χ1n) is 6.68. The zero-order chi connectivity index (χ0) is 10.5. The van der Waals surface area contributed by atoms with Gasteiger partial charge >= 0.3 is 0 Å². The number of hydrogen-bond acceptors (Lipinski definition) is 1. The summed E-state index contributed by atoms with van der Waals surface area (Å²) in [4.78, 5) is 2.32. The van der Waals surface area contributed by atoms with Gasteiger partial charge in [-0.25, -0.2) is 0 Å². The lowest BCUT2D eigenvalue weighted by Crippen LogP contribution is -2.36. The highest BCUT2D eigenvalue weighted by Crippen LogP contribution is 2.26. The van der Waals surface area contributed by atoms with E-state index >= 15 is 0 Å². The molecular formula is C13H24N2. The molecule has 1 aliphatic carbocycles. The summed E-state index contributed by atoms with van der Waals surface area (Å²) < 4.78 is 0. The van der Waals surface area contributed by atoms with Crippen LogP contribution in [0.4, 0.5) is 0 Å². The second-order valence-electron chi connectivity index (χ2n) is 5.18. The molecule has 0 unspecified atom stereocenters. The minimum Gasteiger partial charge on any atom is -0.361 e. The molecule has 0 aromatic rings. The van der Waals surface area contributed by atoms with Crippen molar-refractivity contribution in [2.24, 2.45) is 5.92 Å². The molecule has 1 saturated carbocycles. The average Bonchev–Trinajstić information content (AvgIpc) is 2.29. The van der Waals surface area contributed by atoms with Gasteiger partial charge in [0.1, 0.15) is 0 Å². The molecule has 0 aromatic carbocycles. The van der Waals surface area contributed by atoms with Gasteiger partial charge in [0.05, 0.1) is 5.84 Å². The zero-order valence-corrected chi connectivity index (χ0v) is 9.80. The standard InChI is InChI=1S/C13H24N2/c14-13-8-4-5-10-15(13)11-9-12-6-2-1-3-7-12/h12,14H,1-11H2. The second-order valence-corrected chi connectivity index (χ2v) is 5.18. The van der Waals surface area contributed by atoms with E-state index in [-0.39, 0.29) is 0 Å². The van der Waals surface area contributed by atoms with Crippen molar-refractivity contribution in [2.75, 3.05) is 13.1 Å². The Balaban J connectivity index is 1.69. The Morgan fingerprint density at radius 3 is 2.60 bits per heavy atom. The van der Waals surface area contributed by atoms with Gasteiger partial charge in [0.15, 0.2) is 0 Å². The molecule has 86 valence electrons. The van der Waals surface area contributed by atoms with Gasteiger partial charge in [0, 0.05) is 19.5 Å². The van der Waals surface area contributed by atoms with Crippen LogP contribution in [0.2, 0.25) is 0 Å². The molecule has 2 nitrogen and oxygen atoms in total. The van der Waals surface area contributed by atoms with Crippen LogP contribution in [0.1, 0.15) is 57.8 Å². The fourth-order valence-corrected chi connectivity index (χ4v) is 2.95. The minimum atomic E-state index is 0.900. The number of nitrogens with zero attached hydrogens (tertiary/aromatic N) is 1. The lowest BCUT2D eigenvalue weighted by Gasteiger charge is -2.31. The Hall–Kier alpha value is -0.530. The molecule has 0 radical (unpaired) electrons. The fraction of sp³-hybridized carbons (Fsp3) is 0.923. The van der Waals surface area contributed by atoms with Gasteiger partial charge in [0.2, 0.25) is 0 Å². The van der Waals surface area contributed by atoms with E-state index in [0.29, 0.717) is 0 Å². The molecule has 1 N–H and O–H groups in total. The van der Waals surface area contributed by atoms with Crippen LogP contribution < -0.4 is 0 Å². The third kappa shape index (κ3) is 3.22. The first kappa shape index (κ1) is 11.0. The summed E-state index contributed by atoms with van der Waals surface area (Å²) in [5.41, 5.74) is 0. The Bertz CT molecular complexity index is 207. The van der Waals surface area contributed by atoms with Crippen LogP contribution in [-0.2, 0) is 0 Å². The molecule has 1 saturated heterocycles. The predicted molar refractivity (Wildman–Crippen MR) is 64.3 cm³/mol. The second kappa shape index (κ2) is 5.53. The highest BCUT2D eigenvalue weighted by atomic mass is 15.2. The highest BCUT2D eigenvalue weighted by molar-refractivity contribution is 5.79. The number of amidine groups is 1. The average molecular weight is 208 g/mol. The lowest BCUT2D eigenvalue weighted by atomic mass is 9.87. The molecular weight excluding hydrogens is 184 g/mol. The zero-order valence-electron chi connectivity index (χ0n) is 9.80. The van der Waals surface area contributed by atoms with E-state index in [1.54, 1.807) is 0 Å². The summed E-state index contributed by atoms with van der Waals surface area (Å²) >= 11 is 0. The Labute approximate surface area is 93.6 Å². The van der Waals surface area contributed by atoms with Gasteiger partial charge in [-0.2, -0.15) is 0 Å². The molecule has 2 rings (SSSR count). The molecule has 1 heterocycles. The summed E-state index contributed by atoms with van der Waals surface area (Å²) in [6.07, 6.45) is 12.1. The van der Waals surface area contributed by atoms with E-state index in [9.17, 15) is 0 Å². The normalized spacial score (nSPS) is 24.5. The topological polar surface area (TPSA) is 27.1 Å². The van der Waals surface area contributed by atoms with Crippen molar-refractivity contribution in [3.05, 3.63) is 0 Å². The van der Waals surface area contributed by atoms with Gasteiger partial charge in [0.25, 0.3) is 0 Å². The molecule has 2 fully saturated rings. The fourth-order valence-electron chi connectivity index (χ4n) is 2.95. The number of hydrogen-bond donors (Lipinski definition) is 1. The molecule has 0 bridgehead atoms. The third-order valence-electron chi connectivity index (χ3n) is 4.01. The van der Waals surface area contributed by atoms with Crippen LogP contribution in [-0.4, -0.2) is 23.8 Å². The molecule has 1 aliphatic heterocycles. The largest absolute Gasteiger partial charge is 0.361 e. The van der Waals surface area contributed by atoms with Gasteiger partial charge in [-0.05, 0) is 25.2 Å². The number of likely N-dealkylation sites (tertiary alicyclic amines) is 1. The van der Waals surface area contributed by atoms with E-state index in [1.165, 1.54) is 51.4 Å². The summed E-state index contributed by atoms with van der Waals surface area (Å²) in [6.45, 7) is 2.30. The van der Waals surface area contributed by atoms with Crippen molar-refractivity contribution in [3.63, 3.8) is 0 Å². The van der Waals surface area contributed by atoms with Crippen molar-refractivity contribution >= 4 is 5.84 Å². The van der Waals surface area contributed by atoms with Crippen molar-refractivity contribution in [3.8, 4) is 0 Å². The monoisotopic (exact) mass is 208 g/mol. The minimum absolute atomic E-state index is 0.900. The van der Waals surface area contributed by atoms with Crippen molar-refractivity contribution < 1.29 is 0 Å². The maximum absolute atomic E-state index is 7.89. The smallest absolute Gasteiger partial charge is 0.0957 e. The summed E-state index contributed by atoms with van der Waals surface area (Å²) in [5.74, 6) is 1.87. The van der Waals surface area contributed by atoms with Crippen LogP contribution >= 0.6 is 0 Å². The first-order valence-corrected chi connectivity index (χ1v) is 6.68. The molecule has 0 spiro atoms. The van der Waals surface area contributed by atoms with E-state index in [4.69, 9.17) is 5.41 Å². The van der Waals surface area contributed by atoms with E-state index in [1.807, 2.05) is 0 Å². The third-order valence-corrected chi connectivity index (χ3v) is 4.01. The van der Waals surface area contributed by atoms with Crippen LogP contribution in [0, 0.1) is 11.3 Å². The number of nitrogens with one attached hydrogen (secondary N) is 1. The van der Waals surface area contributed by atoms with Crippen LogP contribution in [0.25, 0.3) is 0 Å². The highest BCUT2D eigenvalue weighted by Gasteiger charge is 2.18. The number of rotatable bonds is 3. The van der Waals surface area contributed by atoms with E-state index in [2.05, 4.69) is 4.90 Å². The van der Waals surface area contributed by atoms with E-state index in [0.717, 1.165) is 31.3 Å². The quantitative estimate of drug-likeness (QED) is 0.756. The Morgan fingerprint density at radius 2 is 1.87 bits per heavy atom. The Morgan fingerprint density at radius 1 is 1.07 bits per heavy atom. The van der Waals surface area contributed by atoms with Gasteiger partial charge < -0.3 is 4.90 Å². The number of piperidine rings is 1. The van der Waals surface area contributed by atoms with Crippen molar-refractivity contribution in [2.45, 2.75) is 57.8 Å². The summed E-state index contributed by atoms with van der Waals surface area (Å²) in [6, 6.07) is 0. The van der Waals surface area contributed by atoms with E-state index < -0.39 is 0 Å².